The Hall–Kier alpha value is -3.12. The van der Waals surface area contributed by atoms with E-state index in [9.17, 15) is 9.59 Å². The number of rotatable bonds is 7. The number of nitrogens with one attached hydrogen (secondary N) is 2. The van der Waals surface area contributed by atoms with Crippen LogP contribution in [0.2, 0.25) is 0 Å². The first-order valence-electron chi connectivity index (χ1n) is 9.82. The lowest BCUT2D eigenvalue weighted by molar-refractivity contribution is -0.113. The number of carbonyl (C=O) groups is 2. The number of anilines is 2. The zero-order valence-corrected chi connectivity index (χ0v) is 18.2. The zero-order chi connectivity index (χ0) is 21.5. The first-order valence-corrected chi connectivity index (χ1v) is 10.8. The molecular formula is C24H25N3O2S. The van der Waals surface area contributed by atoms with E-state index in [1.54, 1.807) is 0 Å². The Morgan fingerprint density at radius 3 is 2.27 bits per heavy atom. The lowest BCUT2D eigenvalue weighted by Crippen LogP contribution is -2.18. The Morgan fingerprint density at radius 1 is 0.933 bits per heavy atom. The molecule has 0 saturated carbocycles. The second-order valence-electron chi connectivity index (χ2n) is 6.97. The van der Waals surface area contributed by atoms with Gasteiger partial charge in [-0.05, 0) is 61.7 Å². The molecule has 0 atom stereocenters. The minimum absolute atomic E-state index is 0.139. The molecule has 2 amide bonds. The molecule has 0 aliphatic rings. The van der Waals surface area contributed by atoms with Gasteiger partial charge in [0.2, 0.25) is 5.91 Å². The van der Waals surface area contributed by atoms with Crippen LogP contribution in [0.15, 0.2) is 65.7 Å². The first kappa shape index (κ1) is 21.6. The van der Waals surface area contributed by atoms with Crippen molar-refractivity contribution in [2.45, 2.75) is 32.2 Å². The van der Waals surface area contributed by atoms with Crippen LogP contribution in [0.4, 0.5) is 11.4 Å². The molecule has 0 unspecified atom stereocenters. The quantitative estimate of drug-likeness (QED) is 0.514. The number of carbonyl (C=O) groups excluding carboxylic acids is 2. The average molecular weight is 420 g/mol. The topological polar surface area (TPSA) is 71.1 Å². The van der Waals surface area contributed by atoms with Gasteiger partial charge in [-0.25, -0.2) is 4.98 Å². The van der Waals surface area contributed by atoms with E-state index in [1.165, 1.54) is 17.3 Å². The van der Waals surface area contributed by atoms with Gasteiger partial charge in [-0.2, -0.15) is 0 Å². The normalized spacial score (nSPS) is 10.5. The summed E-state index contributed by atoms with van der Waals surface area (Å²) in [6, 6.07) is 19.0. The molecule has 0 spiro atoms. The lowest BCUT2D eigenvalue weighted by Gasteiger charge is -2.13. The molecule has 154 valence electrons. The summed E-state index contributed by atoms with van der Waals surface area (Å²) in [7, 11) is 0. The summed E-state index contributed by atoms with van der Waals surface area (Å²) in [5.41, 5.74) is 4.82. The fraction of sp³-hybridized carbons (Fsp3) is 0.208. The predicted molar refractivity (Wildman–Crippen MR) is 123 cm³/mol. The molecule has 0 radical (unpaired) electrons. The largest absolute Gasteiger partial charge is 0.325 e. The summed E-state index contributed by atoms with van der Waals surface area (Å²) in [6.45, 7) is 5.85. The highest BCUT2D eigenvalue weighted by Gasteiger charge is 2.18. The van der Waals surface area contributed by atoms with Crippen molar-refractivity contribution >= 4 is 35.0 Å². The number of para-hydroxylation sites is 1. The molecule has 0 aliphatic heterocycles. The number of amides is 2. The third-order valence-corrected chi connectivity index (χ3v) is 5.53. The van der Waals surface area contributed by atoms with Gasteiger partial charge >= 0.3 is 0 Å². The summed E-state index contributed by atoms with van der Waals surface area (Å²) >= 11 is 1.27. The molecule has 0 aliphatic carbocycles. The molecule has 2 aromatic carbocycles. The van der Waals surface area contributed by atoms with Crippen LogP contribution >= 0.6 is 11.8 Å². The second-order valence-corrected chi connectivity index (χ2v) is 7.93. The number of aromatic nitrogens is 1. The number of nitrogens with zero attached hydrogens (tertiary/aromatic N) is 1. The average Bonchev–Trinajstić information content (AvgIpc) is 2.73. The summed E-state index contributed by atoms with van der Waals surface area (Å²) in [5, 5.41) is 6.35. The van der Waals surface area contributed by atoms with Crippen molar-refractivity contribution in [2.75, 3.05) is 16.4 Å². The fourth-order valence-corrected chi connectivity index (χ4v) is 4.00. The Kier molecular flexibility index (Phi) is 7.25. The van der Waals surface area contributed by atoms with E-state index in [4.69, 9.17) is 0 Å². The van der Waals surface area contributed by atoms with Crippen LogP contribution in [0.5, 0.6) is 0 Å². The van der Waals surface area contributed by atoms with Gasteiger partial charge in [0, 0.05) is 17.1 Å². The van der Waals surface area contributed by atoms with E-state index >= 15 is 0 Å². The number of aryl methyl sites for hydroxylation is 3. The summed E-state index contributed by atoms with van der Waals surface area (Å²) in [6.07, 6.45) is 0.955. The maximum absolute atomic E-state index is 12.9. The van der Waals surface area contributed by atoms with Crippen molar-refractivity contribution in [3.05, 3.63) is 83.0 Å². The van der Waals surface area contributed by atoms with Crippen LogP contribution in [0.1, 0.15) is 34.1 Å². The minimum Gasteiger partial charge on any atom is -0.325 e. The smallest absolute Gasteiger partial charge is 0.258 e. The van der Waals surface area contributed by atoms with Crippen molar-refractivity contribution in [2.24, 2.45) is 0 Å². The molecule has 0 saturated heterocycles. The van der Waals surface area contributed by atoms with Crippen LogP contribution in [0, 0.1) is 13.8 Å². The number of pyridine rings is 1. The third-order valence-electron chi connectivity index (χ3n) is 4.56. The standard InChI is InChI=1S/C24H25N3O2S/c1-4-18-10-12-20(13-11-18)26-21(28)15-30-24-22(16(2)14-17(3)25-24)23(29)27-19-8-6-5-7-9-19/h5-14H,4,15H2,1-3H3,(H,26,28)(H,27,29). The summed E-state index contributed by atoms with van der Waals surface area (Å²) in [5.74, 6) is -0.208. The van der Waals surface area contributed by atoms with Crippen LogP contribution in [-0.4, -0.2) is 22.6 Å². The lowest BCUT2D eigenvalue weighted by atomic mass is 10.1. The molecule has 3 rings (SSSR count). The van der Waals surface area contributed by atoms with Crippen molar-refractivity contribution in [3.63, 3.8) is 0 Å². The summed E-state index contributed by atoms with van der Waals surface area (Å²) in [4.78, 5) is 29.8. The van der Waals surface area contributed by atoms with Crippen molar-refractivity contribution in [1.82, 2.24) is 4.98 Å². The maximum atomic E-state index is 12.9. The Morgan fingerprint density at radius 2 is 1.60 bits per heavy atom. The molecule has 0 fully saturated rings. The SMILES string of the molecule is CCc1ccc(NC(=O)CSc2nc(C)cc(C)c2C(=O)Nc2ccccc2)cc1. The van der Waals surface area contributed by atoms with Crippen molar-refractivity contribution in [1.29, 1.82) is 0 Å². The molecule has 6 heteroatoms. The first-order chi connectivity index (χ1) is 14.5. The Bertz CT molecular complexity index is 1030. The minimum atomic E-state index is -0.232. The molecule has 1 heterocycles. The zero-order valence-electron chi connectivity index (χ0n) is 17.4. The van der Waals surface area contributed by atoms with Crippen LogP contribution in [0.3, 0.4) is 0 Å². The number of benzene rings is 2. The highest BCUT2D eigenvalue weighted by Crippen LogP contribution is 2.26. The number of hydrogen-bond donors (Lipinski definition) is 2. The highest BCUT2D eigenvalue weighted by atomic mass is 32.2. The van der Waals surface area contributed by atoms with Crippen LogP contribution in [0.25, 0.3) is 0 Å². The summed E-state index contributed by atoms with van der Waals surface area (Å²) < 4.78 is 0. The van der Waals surface area contributed by atoms with E-state index in [1.807, 2.05) is 74.5 Å². The van der Waals surface area contributed by atoms with Gasteiger partial charge in [-0.15, -0.1) is 0 Å². The van der Waals surface area contributed by atoms with Gasteiger partial charge in [0.25, 0.3) is 5.91 Å². The van der Waals surface area contributed by atoms with Crippen LogP contribution in [-0.2, 0) is 11.2 Å². The number of thioether (sulfide) groups is 1. The third kappa shape index (κ3) is 5.70. The van der Waals surface area contributed by atoms with E-state index in [0.29, 0.717) is 16.3 Å². The van der Waals surface area contributed by atoms with Crippen LogP contribution < -0.4 is 10.6 Å². The van der Waals surface area contributed by atoms with Gasteiger partial charge in [0.1, 0.15) is 5.03 Å². The molecule has 5 nitrogen and oxygen atoms in total. The van der Waals surface area contributed by atoms with Crippen molar-refractivity contribution in [3.8, 4) is 0 Å². The molecule has 30 heavy (non-hydrogen) atoms. The van der Waals surface area contributed by atoms with Gasteiger partial charge in [-0.1, -0.05) is 49.0 Å². The highest BCUT2D eigenvalue weighted by molar-refractivity contribution is 8.00. The molecule has 3 aromatic rings. The van der Waals surface area contributed by atoms with Gasteiger partial charge in [0.05, 0.1) is 11.3 Å². The molecule has 2 N–H and O–H groups in total. The molecule has 1 aromatic heterocycles. The maximum Gasteiger partial charge on any atom is 0.258 e. The number of hydrogen-bond acceptors (Lipinski definition) is 4. The van der Waals surface area contributed by atoms with E-state index in [2.05, 4.69) is 22.5 Å². The van der Waals surface area contributed by atoms with Crippen molar-refractivity contribution < 1.29 is 9.59 Å². The van der Waals surface area contributed by atoms with Gasteiger partial charge in [0.15, 0.2) is 0 Å². The monoisotopic (exact) mass is 419 g/mol. The predicted octanol–water partition coefficient (Wildman–Crippen LogP) is 5.24. The van der Waals surface area contributed by atoms with Gasteiger partial charge in [-0.3, -0.25) is 9.59 Å². The van der Waals surface area contributed by atoms with E-state index < -0.39 is 0 Å². The fourth-order valence-electron chi connectivity index (χ4n) is 3.05. The van der Waals surface area contributed by atoms with E-state index in [0.717, 1.165) is 23.4 Å². The van der Waals surface area contributed by atoms with E-state index in [-0.39, 0.29) is 17.6 Å². The Balaban J connectivity index is 1.71. The van der Waals surface area contributed by atoms with Gasteiger partial charge < -0.3 is 10.6 Å². The second kappa shape index (κ2) is 10.1. The Labute approximate surface area is 181 Å². The molecule has 0 bridgehead atoms. The molecular weight excluding hydrogens is 394 g/mol.